The molecule has 0 saturated heterocycles. The molecule has 1 aliphatic heterocycles. The third kappa shape index (κ3) is 4.74. The molecule has 0 aliphatic carbocycles. The lowest BCUT2D eigenvalue weighted by Crippen LogP contribution is -2.15. The predicted octanol–water partition coefficient (Wildman–Crippen LogP) is 12.1. The average Bonchev–Trinajstić information content (AvgIpc) is 3.74. The highest BCUT2D eigenvalue weighted by atomic mass is 32.1. The van der Waals surface area contributed by atoms with Gasteiger partial charge in [-0.2, -0.15) is 0 Å². The maximum absolute atomic E-state index is 5.06. The molecule has 236 valence electrons. The van der Waals surface area contributed by atoms with E-state index in [1.807, 2.05) is 47.7 Å². The summed E-state index contributed by atoms with van der Waals surface area (Å²) in [6, 6.07) is 59.9. The predicted molar refractivity (Wildman–Crippen MR) is 211 cm³/mol. The highest BCUT2D eigenvalue weighted by Gasteiger charge is 2.19. The van der Waals surface area contributed by atoms with Crippen LogP contribution in [0.1, 0.15) is 22.9 Å². The van der Waals surface area contributed by atoms with Gasteiger partial charge in [-0.05, 0) is 52.1 Å². The molecule has 0 bridgehead atoms. The normalized spacial score (nSPS) is 14.6. The number of thiophene rings is 1. The standard InChI is InChI=1S/C45H29N4S/c1-4-12-29(13-5-1)33-22-25-35-37-26-27-38-36-18-10-11-19-40(36)50-42(38)41(37)49(39(35)28-33)34-23-20-32(21-24-34)45-47-43(30-14-6-2-7-15-30)46-44(48-45)31-16-8-3-9-17-31/h1-28,43H/q-1. The average molecular weight is 658 g/mol. The molecule has 0 fully saturated rings. The van der Waals surface area contributed by atoms with E-state index in [4.69, 9.17) is 15.3 Å². The van der Waals surface area contributed by atoms with Crippen molar-refractivity contribution >= 4 is 65.0 Å². The van der Waals surface area contributed by atoms with E-state index in [0.29, 0.717) is 11.7 Å². The van der Waals surface area contributed by atoms with E-state index in [1.54, 1.807) is 0 Å². The van der Waals surface area contributed by atoms with Crippen LogP contribution in [0.15, 0.2) is 180 Å². The summed E-state index contributed by atoms with van der Waals surface area (Å²) in [6.45, 7) is 0. The molecule has 0 amide bonds. The summed E-state index contributed by atoms with van der Waals surface area (Å²) in [5.74, 6) is 1.37. The lowest BCUT2D eigenvalue weighted by molar-refractivity contribution is 0.878. The number of hydrogen-bond donors (Lipinski definition) is 0. The minimum Gasteiger partial charge on any atom is -0.438 e. The van der Waals surface area contributed by atoms with Gasteiger partial charge in [0.15, 0.2) is 0 Å². The van der Waals surface area contributed by atoms with E-state index in [2.05, 4.69) is 138 Å². The van der Waals surface area contributed by atoms with Crippen LogP contribution in [-0.2, 0) is 0 Å². The molecule has 2 aromatic heterocycles. The second-order valence-corrected chi connectivity index (χ2v) is 13.6. The molecule has 10 rings (SSSR count). The number of hydrogen-bond acceptors (Lipinski definition) is 3. The van der Waals surface area contributed by atoms with E-state index in [1.165, 1.54) is 53.1 Å². The molecular weight excluding hydrogens is 629 g/mol. The Labute approximate surface area is 293 Å². The first-order valence-electron chi connectivity index (χ1n) is 16.8. The van der Waals surface area contributed by atoms with E-state index < -0.39 is 0 Å². The summed E-state index contributed by atoms with van der Waals surface area (Å²) in [5, 5.41) is 10.0. The third-order valence-electron chi connectivity index (χ3n) is 9.59. The van der Waals surface area contributed by atoms with Crippen molar-refractivity contribution in [2.45, 2.75) is 6.17 Å². The van der Waals surface area contributed by atoms with Gasteiger partial charge < -0.3 is 14.9 Å². The molecule has 1 aliphatic rings. The summed E-state index contributed by atoms with van der Waals surface area (Å²) in [7, 11) is 0. The van der Waals surface area contributed by atoms with Gasteiger partial charge in [-0.3, -0.25) is 4.99 Å². The first-order valence-corrected chi connectivity index (χ1v) is 17.6. The van der Waals surface area contributed by atoms with E-state index in [-0.39, 0.29) is 6.17 Å². The molecule has 1 atom stereocenters. The van der Waals surface area contributed by atoms with Gasteiger partial charge in [-0.25, -0.2) is 0 Å². The molecule has 5 heteroatoms. The second-order valence-electron chi connectivity index (χ2n) is 12.6. The van der Waals surface area contributed by atoms with Crippen LogP contribution in [0, 0.1) is 0 Å². The smallest absolute Gasteiger partial charge is 0.0822 e. The number of fused-ring (bicyclic) bond motifs is 7. The Morgan fingerprint density at radius 2 is 1.16 bits per heavy atom. The Morgan fingerprint density at radius 3 is 1.94 bits per heavy atom. The Kier molecular flexibility index (Phi) is 6.71. The molecule has 0 spiro atoms. The lowest BCUT2D eigenvalue weighted by atomic mass is 10.0. The van der Waals surface area contributed by atoms with Gasteiger partial charge in [-0.1, -0.05) is 151 Å². The maximum atomic E-state index is 5.06. The van der Waals surface area contributed by atoms with Crippen molar-refractivity contribution in [1.29, 1.82) is 0 Å². The SMILES string of the molecule is c1ccc(C2=NC(c3ccc(-n4c5cc(-c6ccccc6)ccc5c5ccc6c7ccccc7sc6c54)cc3)=NC(c3ccccc3)[N-]2)cc1. The van der Waals surface area contributed by atoms with Gasteiger partial charge in [0, 0.05) is 31.9 Å². The fraction of sp³-hybridized carbons (Fsp3) is 0.0222. The van der Waals surface area contributed by atoms with Crippen molar-refractivity contribution in [2.75, 3.05) is 0 Å². The van der Waals surface area contributed by atoms with Crippen molar-refractivity contribution < 1.29 is 0 Å². The van der Waals surface area contributed by atoms with Crippen LogP contribution in [0.5, 0.6) is 0 Å². The monoisotopic (exact) mass is 657 g/mol. The highest BCUT2D eigenvalue weighted by Crippen LogP contribution is 2.43. The number of benzene rings is 7. The zero-order chi connectivity index (χ0) is 33.0. The third-order valence-corrected chi connectivity index (χ3v) is 10.8. The number of nitrogens with zero attached hydrogens (tertiary/aromatic N) is 4. The molecule has 0 saturated carbocycles. The fourth-order valence-electron chi connectivity index (χ4n) is 7.18. The minimum atomic E-state index is -0.367. The summed E-state index contributed by atoms with van der Waals surface area (Å²) >= 11 is 1.87. The molecule has 50 heavy (non-hydrogen) atoms. The minimum absolute atomic E-state index is 0.367. The van der Waals surface area contributed by atoms with Crippen molar-refractivity contribution in [1.82, 2.24) is 4.57 Å². The maximum Gasteiger partial charge on any atom is 0.0822 e. The van der Waals surface area contributed by atoms with Crippen LogP contribution in [-0.4, -0.2) is 16.2 Å². The summed E-state index contributed by atoms with van der Waals surface area (Å²) in [6.07, 6.45) is -0.367. The van der Waals surface area contributed by atoms with E-state index >= 15 is 0 Å². The number of aromatic nitrogens is 1. The first-order chi connectivity index (χ1) is 24.8. The zero-order valence-electron chi connectivity index (χ0n) is 26.9. The van der Waals surface area contributed by atoms with Crippen molar-refractivity contribution in [3.8, 4) is 16.8 Å². The first kappa shape index (κ1) is 28.7. The number of aliphatic imine (C=N–C) groups is 2. The molecule has 3 heterocycles. The lowest BCUT2D eigenvalue weighted by Gasteiger charge is -2.32. The number of amidine groups is 2. The Balaban J connectivity index is 1.17. The van der Waals surface area contributed by atoms with Gasteiger partial charge in [0.05, 0.1) is 27.7 Å². The quantitative estimate of drug-likeness (QED) is 0.177. The van der Waals surface area contributed by atoms with E-state index in [0.717, 1.165) is 22.4 Å². The summed E-state index contributed by atoms with van der Waals surface area (Å²) in [4.78, 5) is 10.1. The van der Waals surface area contributed by atoms with Crippen LogP contribution in [0.25, 0.3) is 64.1 Å². The van der Waals surface area contributed by atoms with Gasteiger partial charge in [-0.15, -0.1) is 11.3 Å². The van der Waals surface area contributed by atoms with Crippen LogP contribution >= 0.6 is 11.3 Å². The molecular formula is C45H29N4S-. The van der Waals surface area contributed by atoms with Gasteiger partial charge >= 0.3 is 0 Å². The molecule has 0 radical (unpaired) electrons. The summed E-state index contributed by atoms with van der Waals surface area (Å²) < 4.78 is 5.04. The Morgan fingerprint density at radius 1 is 0.520 bits per heavy atom. The Bertz CT molecular complexity index is 2760. The van der Waals surface area contributed by atoms with Crippen LogP contribution in [0.3, 0.4) is 0 Å². The molecule has 4 nitrogen and oxygen atoms in total. The molecule has 1 unspecified atom stereocenters. The van der Waals surface area contributed by atoms with Crippen LogP contribution < -0.4 is 0 Å². The largest absolute Gasteiger partial charge is 0.438 e. The molecule has 9 aromatic rings. The number of rotatable bonds is 5. The van der Waals surface area contributed by atoms with Crippen LogP contribution in [0.2, 0.25) is 0 Å². The van der Waals surface area contributed by atoms with E-state index in [9.17, 15) is 0 Å². The van der Waals surface area contributed by atoms with Gasteiger partial charge in [0.2, 0.25) is 0 Å². The zero-order valence-corrected chi connectivity index (χ0v) is 27.8. The Hall–Kier alpha value is -6.30. The fourth-order valence-corrected chi connectivity index (χ4v) is 8.42. The van der Waals surface area contributed by atoms with Gasteiger partial charge in [0.1, 0.15) is 0 Å². The van der Waals surface area contributed by atoms with Gasteiger partial charge in [0.25, 0.3) is 0 Å². The van der Waals surface area contributed by atoms with Crippen LogP contribution in [0.4, 0.5) is 0 Å². The van der Waals surface area contributed by atoms with Crippen molar-refractivity contribution in [2.24, 2.45) is 9.98 Å². The topological polar surface area (TPSA) is 43.8 Å². The second kappa shape index (κ2) is 11.7. The highest BCUT2D eigenvalue weighted by molar-refractivity contribution is 7.26. The molecule has 7 aromatic carbocycles. The van der Waals surface area contributed by atoms with Crippen molar-refractivity contribution in [3.63, 3.8) is 0 Å². The summed E-state index contributed by atoms with van der Waals surface area (Å²) in [5.41, 5.74) is 8.88. The van der Waals surface area contributed by atoms with Crippen molar-refractivity contribution in [3.05, 3.63) is 192 Å². The molecule has 0 N–H and O–H groups in total.